The second kappa shape index (κ2) is 7.42. The summed E-state index contributed by atoms with van der Waals surface area (Å²) in [5.41, 5.74) is 6.99. The Labute approximate surface area is 143 Å². The Balaban J connectivity index is 1.43. The van der Waals surface area contributed by atoms with Crippen LogP contribution in [0.1, 0.15) is 29.6 Å². The number of benzene rings is 1. The first-order chi connectivity index (χ1) is 11.1. The zero-order valence-electron chi connectivity index (χ0n) is 12.8. The van der Waals surface area contributed by atoms with E-state index in [0.717, 1.165) is 30.3 Å². The fraction of sp³-hybridized carbons (Fsp3) is 0.500. The van der Waals surface area contributed by atoms with Crippen LogP contribution in [-0.4, -0.2) is 37.0 Å². The number of carbonyl (C=O) groups excluding carboxylic acids is 2. The van der Waals surface area contributed by atoms with Crippen molar-refractivity contribution in [3.63, 3.8) is 0 Å². The second-order valence-electron chi connectivity index (χ2n) is 6.16. The minimum Gasteiger partial charge on any atom is -0.352 e. The molecule has 7 heteroatoms. The van der Waals surface area contributed by atoms with Gasteiger partial charge in [0.05, 0.1) is 6.54 Å². The van der Waals surface area contributed by atoms with Gasteiger partial charge in [-0.15, -0.1) is 0 Å². The lowest BCUT2D eigenvalue weighted by atomic mass is 9.83. The van der Waals surface area contributed by atoms with Crippen molar-refractivity contribution in [3.05, 3.63) is 34.3 Å². The van der Waals surface area contributed by atoms with Crippen LogP contribution in [0.3, 0.4) is 0 Å². The van der Waals surface area contributed by atoms with E-state index in [-0.39, 0.29) is 24.4 Å². The number of hydrazine groups is 1. The lowest BCUT2D eigenvalue weighted by Gasteiger charge is -2.31. The molecule has 124 valence electrons. The van der Waals surface area contributed by atoms with Gasteiger partial charge in [0.15, 0.2) is 0 Å². The summed E-state index contributed by atoms with van der Waals surface area (Å²) >= 11 is 3.33. The second-order valence-corrected chi connectivity index (χ2v) is 7.08. The zero-order valence-corrected chi connectivity index (χ0v) is 14.4. The smallest absolute Gasteiger partial charge is 0.251 e. The van der Waals surface area contributed by atoms with Crippen molar-refractivity contribution in [2.75, 3.05) is 13.1 Å². The summed E-state index contributed by atoms with van der Waals surface area (Å²) in [5, 5.41) is 5.70. The first-order valence-corrected chi connectivity index (χ1v) is 8.72. The summed E-state index contributed by atoms with van der Waals surface area (Å²) < 4.78 is 0.838. The molecule has 1 aromatic carbocycles. The molecule has 1 saturated heterocycles. The molecular weight excluding hydrogens is 360 g/mol. The summed E-state index contributed by atoms with van der Waals surface area (Å²) in [6.45, 7) is 0.961. The molecule has 23 heavy (non-hydrogen) atoms. The topological polar surface area (TPSA) is 82.3 Å². The van der Waals surface area contributed by atoms with Gasteiger partial charge in [0, 0.05) is 28.7 Å². The van der Waals surface area contributed by atoms with Crippen LogP contribution in [0, 0.1) is 5.92 Å². The molecule has 0 bridgehead atoms. The van der Waals surface area contributed by atoms with Gasteiger partial charge in [0.2, 0.25) is 5.91 Å². The number of amides is 2. The molecule has 3 unspecified atom stereocenters. The molecule has 1 heterocycles. The van der Waals surface area contributed by atoms with Crippen molar-refractivity contribution < 1.29 is 9.59 Å². The van der Waals surface area contributed by atoms with E-state index < -0.39 is 0 Å². The molecule has 1 saturated carbocycles. The van der Waals surface area contributed by atoms with Gasteiger partial charge in [-0.05, 0) is 43.4 Å². The number of hydrogen-bond acceptors (Lipinski definition) is 4. The highest BCUT2D eigenvalue weighted by molar-refractivity contribution is 9.10. The van der Waals surface area contributed by atoms with E-state index in [2.05, 4.69) is 37.4 Å². The van der Waals surface area contributed by atoms with E-state index in [1.165, 1.54) is 0 Å². The molecule has 2 aliphatic rings. The molecular formula is C16H21BrN4O2. The van der Waals surface area contributed by atoms with E-state index in [1.807, 2.05) is 6.07 Å². The molecule has 0 aromatic heterocycles. The third-order valence-electron chi connectivity index (χ3n) is 4.50. The Morgan fingerprint density at radius 1 is 1.30 bits per heavy atom. The summed E-state index contributed by atoms with van der Waals surface area (Å²) in [6.07, 6.45) is 3.02. The molecule has 0 radical (unpaired) electrons. The summed E-state index contributed by atoms with van der Waals surface area (Å²) in [6, 6.07) is 7.83. The van der Waals surface area contributed by atoms with E-state index >= 15 is 0 Å². The number of rotatable bonds is 4. The van der Waals surface area contributed by atoms with Gasteiger partial charge in [0.25, 0.3) is 5.91 Å². The monoisotopic (exact) mass is 380 g/mol. The number of nitrogens with one attached hydrogen (secondary N) is 4. The van der Waals surface area contributed by atoms with E-state index in [9.17, 15) is 9.59 Å². The summed E-state index contributed by atoms with van der Waals surface area (Å²) in [7, 11) is 0. The van der Waals surface area contributed by atoms with Crippen molar-refractivity contribution in [2.45, 2.75) is 31.3 Å². The highest BCUT2D eigenvalue weighted by atomic mass is 79.9. The Hall–Kier alpha value is -1.44. The maximum Gasteiger partial charge on any atom is 0.251 e. The maximum atomic E-state index is 12.0. The van der Waals surface area contributed by atoms with Crippen LogP contribution in [-0.2, 0) is 4.79 Å². The number of halogens is 1. The predicted octanol–water partition coefficient (Wildman–Crippen LogP) is 0.940. The van der Waals surface area contributed by atoms with E-state index in [4.69, 9.17) is 0 Å². The molecule has 1 aliphatic carbocycles. The van der Waals surface area contributed by atoms with Crippen LogP contribution < -0.4 is 21.5 Å². The standard InChI is InChI=1S/C16H21BrN4O2/c17-12-3-1-2-10(6-12)16(23)18-9-15(22)20-13-4-5-14-11(7-13)8-19-21-14/h1-3,6,11,13-14,19,21H,4-5,7-9H2,(H,18,23)(H,20,22). The lowest BCUT2D eigenvalue weighted by Crippen LogP contribution is -2.46. The highest BCUT2D eigenvalue weighted by Crippen LogP contribution is 2.26. The van der Waals surface area contributed by atoms with Crippen molar-refractivity contribution in [3.8, 4) is 0 Å². The van der Waals surface area contributed by atoms with Crippen LogP contribution in [0.15, 0.2) is 28.7 Å². The van der Waals surface area contributed by atoms with Gasteiger partial charge in [-0.3, -0.25) is 20.4 Å². The molecule has 0 spiro atoms. The molecule has 3 rings (SSSR count). The van der Waals surface area contributed by atoms with Crippen molar-refractivity contribution in [1.82, 2.24) is 21.5 Å². The van der Waals surface area contributed by atoms with Gasteiger partial charge >= 0.3 is 0 Å². The van der Waals surface area contributed by atoms with Gasteiger partial charge in [-0.2, -0.15) is 0 Å². The van der Waals surface area contributed by atoms with Gasteiger partial charge in [-0.25, -0.2) is 0 Å². The molecule has 1 aromatic rings. The average molecular weight is 381 g/mol. The molecule has 6 nitrogen and oxygen atoms in total. The van der Waals surface area contributed by atoms with Crippen molar-refractivity contribution >= 4 is 27.7 Å². The van der Waals surface area contributed by atoms with Crippen LogP contribution in [0.25, 0.3) is 0 Å². The normalized spacial score (nSPS) is 26.4. The summed E-state index contributed by atoms with van der Waals surface area (Å²) in [4.78, 5) is 24.1. The third kappa shape index (κ3) is 4.31. The first-order valence-electron chi connectivity index (χ1n) is 7.93. The van der Waals surface area contributed by atoms with Crippen molar-refractivity contribution in [2.24, 2.45) is 5.92 Å². The van der Waals surface area contributed by atoms with E-state index in [1.54, 1.807) is 18.2 Å². The Morgan fingerprint density at radius 2 is 2.17 bits per heavy atom. The fourth-order valence-corrected chi connectivity index (χ4v) is 3.70. The van der Waals surface area contributed by atoms with Crippen molar-refractivity contribution in [1.29, 1.82) is 0 Å². The maximum absolute atomic E-state index is 12.0. The first kappa shape index (κ1) is 16.4. The minimum absolute atomic E-state index is 0.00639. The fourth-order valence-electron chi connectivity index (χ4n) is 3.30. The highest BCUT2D eigenvalue weighted by Gasteiger charge is 2.34. The molecule has 4 N–H and O–H groups in total. The van der Waals surface area contributed by atoms with Gasteiger partial charge in [-0.1, -0.05) is 22.0 Å². The molecule has 2 fully saturated rings. The van der Waals surface area contributed by atoms with Crippen LogP contribution in [0.2, 0.25) is 0 Å². The van der Waals surface area contributed by atoms with E-state index in [0.29, 0.717) is 17.5 Å². The number of fused-ring (bicyclic) bond motifs is 1. The zero-order chi connectivity index (χ0) is 16.2. The SMILES string of the molecule is O=C(CNC(=O)c1cccc(Br)c1)NC1CCC2NNCC2C1. The Kier molecular flexibility index (Phi) is 5.30. The number of hydrogen-bond donors (Lipinski definition) is 4. The summed E-state index contributed by atoms with van der Waals surface area (Å²) in [5.74, 6) is 0.204. The van der Waals surface area contributed by atoms with Crippen LogP contribution in [0.4, 0.5) is 0 Å². The lowest BCUT2D eigenvalue weighted by molar-refractivity contribution is -0.121. The van der Waals surface area contributed by atoms with Crippen LogP contribution >= 0.6 is 15.9 Å². The quantitative estimate of drug-likeness (QED) is 0.626. The molecule has 1 aliphatic heterocycles. The Morgan fingerprint density at radius 3 is 3.00 bits per heavy atom. The molecule has 3 atom stereocenters. The van der Waals surface area contributed by atoms with Gasteiger partial charge in [0.1, 0.15) is 0 Å². The predicted molar refractivity (Wildman–Crippen MR) is 90.7 cm³/mol. The largest absolute Gasteiger partial charge is 0.352 e. The number of carbonyl (C=O) groups is 2. The average Bonchev–Trinajstić information content (AvgIpc) is 3.00. The van der Waals surface area contributed by atoms with Gasteiger partial charge < -0.3 is 10.6 Å². The molecule has 2 amide bonds. The van der Waals surface area contributed by atoms with Crippen LogP contribution in [0.5, 0.6) is 0 Å². The minimum atomic E-state index is -0.241. The third-order valence-corrected chi connectivity index (χ3v) is 4.99. The Bertz CT molecular complexity index is 595.